The Morgan fingerprint density at radius 2 is 1.88 bits per heavy atom. The van der Waals surface area contributed by atoms with E-state index in [2.05, 4.69) is 31.5 Å². The number of halogens is 1. The molecule has 0 saturated carbocycles. The molecule has 24 heavy (non-hydrogen) atoms. The van der Waals surface area contributed by atoms with Gasteiger partial charge in [-0.05, 0) is 40.5 Å². The van der Waals surface area contributed by atoms with E-state index >= 15 is 0 Å². The molecule has 0 aliphatic rings. The Kier molecular flexibility index (Phi) is 6.89. The van der Waals surface area contributed by atoms with E-state index in [1.165, 1.54) is 18.5 Å². The zero-order valence-electron chi connectivity index (χ0n) is 13.2. The van der Waals surface area contributed by atoms with Gasteiger partial charge < -0.3 is 15.4 Å². The molecule has 1 heterocycles. The van der Waals surface area contributed by atoms with E-state index < -0.39 is 0 Å². The number of amides is 2. The van der Waals surface area contributed by atoms with E-state index in [-0.39, 0.29) is 11.8 Å². The fourth-order valence-corrected chi connectivity index (χ4v) is 2.35. The highest BCUT2D eigenvalue weighted by Gasteiger charge is 2.12. The van der Waals surface area contributed by atoms with Crippen LogP contribution in [0.3, 0.4) is 0 Å². The standard InChI is InChI=1S/C17H18BrN3O3/c1-24-8-4-7-20-16(22)12-9-13(11-19-10-12)17(23)21-15-6-3-2-5-14(15)18/h2-3,5-6,9-11H,4,7-8H2,1H3,(H,20,22)(H,21,23). The lowest BCUT2D eigenvalue weighted by molar-refractivity contribution is 0.0948. The monoisotopic (exact) mass is 391 g/mol. The number of hydrogen-bond acceptors (Lipinski definition) is 4. The first-order valence-electron chi connectivity index (χ1n) is 7.40. The summed E-state index contributed by atoms with van der Waals surface area (Å²) in [7, 11) is 1.61. The number of carbonyl (C=O) groups excluding carboxylic acids is 2. The number of para-hydroxylation sites is 1. The first kappa shape index (κ1) is 18.1. The third kappa shape index (κ3) is 5.14. The van der Waals surface area contributed by atoms with Crippen LogP contribution in [0.2, 0.25) is 0 Å². The minimum atomic E-state index is -0.330. The summed E-state index contributed by atoms with van der Waals surface area (Å²) in [6.07, 6.45) is 3.58. The number of nitrogens with one attached hydrogen (secondary N) is 2. The largest absolute Gasteiger partial charge is 0.385 e. The zero-order chi connectivity index (χ0) is 17.4. The molecule has 0 fully saturated rings. The summed E-state index contributed by atoms with van der Waals surface area (Å²) in [5.41, 5.74) is 1.31. The molecule has 0 aliphatic heterocycles. The minimum absolute atomic E-state index is 0.269. The lowest BCUT2D eigenvalue weighted by Gasteiger charge is -2.08. The third-order valence-electron chi connectivity index (χ3n) is 3.20. The van der Waals surface area contributed by atoms with Gasteiger partial charge in [-0.3, -0.25) is 14.6 Å². The number of ether oxygens (including phenoxy) is 1. The van der Waals surface area contributed by atoms with Crippen molar-refractivity contribution in [2.75, 3.05) is 25.6 Å². The minimum Gasteiger partial charge on any atom is -0.385 e. The molecule has 0 saturated heterocycles. The first-order valence-corrected chi connectivity index (χ1v) is 8.19. The van der Waals surface area contributed by atoms with Crippen LogP contribution in [0.1, 0.15) is 27.1 Å². The van der Waals surface area contributed by atoms with Gasteiger partial charge in [0.1, 0.15) is 0 Å². The highest BCUT2D eigenvalue weighted by Crippen LogP contribution is 2.21. The molecule has 0 radical (unpaired) electrons. The second-order valence-electron chi connectivity index (χ2n) is 5.00. The van der Waals surface area contributed by atoms with E-state index in [0.717, 1.165) is 10.9 Å². The van der Waals surface area contributed by atoms with Crippen LogP contribution in [0.4, 0.5) is 5.69 Å². The molecule has 0 unspecified atom stereocenters. The quantitative estimate of drug-likeness (QED) is 0.711. The summed E-state index contributed by atoms with van der Waals surface area (Å²) in [5, 5.41) is 5.54. The van der Waals surface area contributed by atoms with Crippen LogP contribution in [0, 0.1) is 0 Å². The Morgan fingerprint density at radius 1 is 1.17 bits per heavy atom. The summed E-state index contributed by atoms with van der Waals surface area (Å²) < 4.78 is 5.70. The van der Waals surface area contributed by atoms with Crippen molar-refractivity contribution in [2.24, 2.45) is 0 Å². The molecule has 2 aromatic rings. The summed E-state index contributed by atoms with van der Waals surface area (Å²) >= 11 is 3.37. The van der Waals surface area contributed by atoms with Gasteiger partial charge >= 0.3 is 0 Å². The predicted octanol–water partition coefficient (Wildman–Crippen LogP) is 2.86. The van der Waals surface area contributed by atoms with Crippen molar-refractivity contribution in [1.29, 1.82) is 0 Å². The van der Waals surface area contributed by atoms with Crippen LogP contribution < -0.4 is 10.6 Å². The maximum Gasteiger partial charge on any atom is 0.257 e. The number of pyridine rings is 1. The van der Waals surface area contributed by atoms with Crippen LogP contribution in [0.15, 0.2) is 47.2 Å². The summed E-state index contributed by atoms with van der Waals surface area (Å²) in [5.74, 6) is -0.599. The number of aromatic nitrogens is 1. The molecule has 2 N–H and O–H groups in total. The Balaban J connectivity index is 2.02. The molecular weight excluding hydrogens is 374 g/mol. The second-order valence-corrected chi connectivity index (χ2v) is 5.85. The van der Waals surface area contributed by atoms with Crippen LogP contribution in [-0.4, -0.2) is 37.1 Å². The zero-order valence-corrected chi connectivity index (χ0v) is 14.8. The summed E-state index contributed by atoms with van der Waals surface area (Å²) in [6.45, 7) is 1.08. The highest BCUT2D eigenvalue weighted by molar-refractivity contribution is 9.10. The van der Waals surface area contributed by atoms with Crippen molar-refractivity contribution < 1.29 is 14.3 Å². The fourth-order valence-electron chi connectivity index (χ4n) is 1.97. The SMILES string of the molecule is COCCCNC(=O)c1cncc(C(=O)Nc2ccccc2Br)c1. The fraction of sp³-hybridized carbons (Fsp3) is 0.235. The van der Waals surface area contributed by atoms with Crippen LogP contribution in [-0.2, 0) is 4.74 Å². The van der Waals surface area contributed by atoms with Gasteiger partial charge in [0.15, 0.2) is 0 Å². The van der Waals surface area contributed by atoms with E-state index in [0.29, 0.717) is 30.0 Å². The molecule has 2 rings (SSSR count). The van der Waals surface area contributed by atoms with Gasteiger partial charge in [0, 0.05) is 37.1 Å². The normalized spacial score (nSPS) is 10.2. The van der Waals surface area contributed by atoms with E-state index in [1.54, 1.807) is 13.2 Å². The summed E-state index contributed by atoms with van der Waals surface area (Å²) in [6, 6.07) is 8.81. The number of methoxy groups -OCH3 is 1. The van der Waals surface area contributed by atoms with Gasteiger partial charge in [0.2, 0.25) is 0 Å². The second kappa shape index (κ2) is 9.14. The molecule has 2 amide bonds. The molecule has 1 aromatic heterocycles. The number of hydrogen-bond donors (Lipinski definition) is 2. The molecule has 7 heteroatoms. The van der Waals surface area contributed by atoms with Crippen molar-refractivity contribution in [2.45, 2.75) is 6.42 Å². The van der Waals surface area contributed by atoms with Gasteiger partial charge in [0.05, 0.1) is 16.8 Å². The van der Waals surface area contributed by atoms with Gasteiger partial charge in [-0.15, -0.1) is 0 Å². The molecule has 126 valence electrons. The van der Waals surface area contributed by atoms with E-state index in [1.807, 2.05) is 18.2 Å². The van der Waals surface area contributed by atoms with Crippen LogP contribution in [0.25, 0.3) is 0 Å². The molecule has 0 spiro atoms. The maximum atomic E-state index is 12.3. The van der Waals surface area contributed by atoms with Crippen molar-refractivity contribution in [3.63, 3.8) is 0 Å². The van der Waals surface area contributed by atoms with Gasteiger partial charge in [-0.2, -0.15) is 0 Å². The average Bonchev–Trinajstić information content (AvgIpc) is 2.60. The molecule has 0 aliphatic carbocycles. The lowest BCUT2D eigenvalue weighted by atomic mass is 10.2. The number of nitrogens with zero attached hydrogens (tertiary/aromatic N) is 1. The molecular formula is C17H18BrN3O3. The van der Waals surface area contributed by atoms with E-state index in [9.17, 15) is 9.59 Å². The van der Waals surface area contributed by atoms with Crippen LogP contribution in [0.5, 0.6) is 0 Å². The number of carbonyl (C=O) groups is 2. The van der Waals surface area contributed by atoms with E-state index in [4.69, 9.17) is 4.74 Å². The Hall–Kier alpha value is -2.25. The first-order chi connectivity index (χ1) is 11.6. The topological polar surface area (TPSA) is 80.3 Å². The molecule has 0 atom stereocenters. The number of rotatable bonds is 7. The Bertz CT molecular complexity index is 722. The average molecular weight is 392 g/mol. The predicted molar refractivity (Wildman–Crippen MR) is 95.2 cm³/mol. The Labute approximate surface area is 148 Å². The lowest BCUT2D eigenvalue weighted by Crippen LogP contribution is -2.25. The maximum absolute atomic E-state index is 12.3. The number of anilines is 1. The van der Waals surface area contributed by atoms with Crippen molar-refractivity contribution in [3.8, 4) is 0 Å². The summed E-state index contributed by atoms with van der Waals surface area (Å²) in [4.78, 5) is 28.4. The Morgan fingerprint density at radius 3 is 2.58 bits per heavy atom. The van der Waals surface area contributed by atoms with Crippen molar-refractivity contribution >= 4 is 33.4 Å². The highest BCUT2D eigenvalue weighted by atomic mass is 79.9. The van der Waals surface area contributed by atoms with Crippen LogP contribution >= 0.6 is 15.9 Å². The third-order valence-corrected chi connectivity index (χ3v) is 3.89. The van der Waals surface area contributed by atoms with Crippen molar-refractivity contribution in [1.82, 2.24) is 10.3 Å². The van der Waals surface area contributed by atoms with Crippen molar-refractivity contribution in [3.05, 3.63) is 58.3 Å². The van der Waals surface area contributed by atoms with Gasteiger partial charge in [0.25, 0.3) is 11.8 Å². The molecule has 6 nitrogen and oxygen atoms in total. The molecule has 1 aromatic carbocycles. The molecule has 0 bridgehead atoms. The number of benzene rings is 1. The van der Waals surface area contributed by atoms with Gasteiger partial charge in [-0.25, -0.2) is 0 Å². The van der Waals surface area contributed by atoms with Gasteiger partial charge in [-0.1, -0.05) is 12.1 Å². The smallest absolute Gasteiger partial charge is 0.257 e.